The first-order chi connectivity index (χ1) is 9.05. The summed E-state index contributed by atoms with van der Waals surface area (Å²) >= 11 is 0. The second-order valence-electron chi connectivity index (χ2n) is 3.96. The number of aromatic nitrogens is 1. The summed E-state index contributed by atoms with van der Waals surface area (Å²) in [5.41, 5.74) is 6.53. The summed E-state index contributed by atoms with van der Waals surface area (Å²) < 4.78 is 26.4. The van der Waals surface area contributed by atoms with E-state index in [0.29, 0.717) is 17.9 Å². The largest absolute Gasteiger partial charge is 0.397 e. The van der Waals surface area contributed by atoms with Gasteiger partial charge < -0.3 is 5.73 Å². The number of nitrogens with two attached hydrogens (primary N) is 1. The van der Waals surface area contributed by atoms with E-state index in [0.717, 1.165) is 0 Å². The Bertz CT molecular complexity index is 657. The fourth-order valence-corrected chi connectivity index (χ4v) is 3.26. The number of pyridine rings is 1. The van der Waals surface area contributed by atoms with Crippen LogP contribution in [0.25, 0.3) is 0 Å². The number of para-hydroxylation sites is 1. The minimum absolute atomic E-state index is 0.0956. The van der Waals surface area contributed by atoms with Crippen LogP contribution in [0.15, 0.2) is 53.7 Å². The smallest absolute Gasteiger partial charge is 0.265 e. The standard InChI is InChI=1S/C13H15N3O2S/c1-2-16(12-6-4-3-5-7-12)19(17,18)13-8-11(14)9-15-10-13/h3-10H,2,14H2,1H3. The monoisotopic (exact) mass is 277 g/mol. The lowest BCUT2D eigenvalue weighted by atomic mass is 10.3. The Morgan fingerprint density at radius 2 is 1.89 bits per heavy atom. The maximum atomic E-state index is 12.5. The first-order valence-corrected chi connectivity index (χ1v) is 7.28. The molecular weight excluding hydrogens is 262 g/mol. The molecule has 0 saturated carbocycles. The van der Waals surface area contributed by atoms with Gasteiger partial charge >= 0.3 is 0 Å². The van der Waals surface area contributed by atoms with Crippen LogP contribution >= 0.6 is 0 Å². The van der Waals surface area contributed by atoms with Crippen molar-refractivity contribution in [2.75, 3.05) is 16.6 Å². The lowest BCUT2D eigenvalue weighted by Gasteiger charge is -2.22. The molecule has 0 radical (unpaired) electrons. The predicted octanol–water partition coefficient (Wildman–Crippen LogP) is 1.88. The van der Waals surface area contributed by atoms with Gasteiger partial charge in [-0.2, -0.15) is 0 Å². The van der Waals surface area contributed by atoms with Crippen LogP contribution < -0.4 is 10.0 Å². The van der Waals surface area contributed by atoms with Gasteiger partial charge in [-0.05, 0) is 25.1 Å². The van der Waals surface area contributed by atoms with Gasteiger partial charge in [-0.1, -0.05) is 18.2 Å². The average Bonchev–Trinajstić information content (AvgIpc) is 2.40. The first-order valence-electron chi connectivity index (χ1n) is 5.84. The quantitative estimate of drug-likeness (QED) is 0.925. The highest BCUT2D eigenvalue weighted by Crippen LogP contribution is 2.23. The fraction of sp³-hybridized carbons (Fsp3) is 0.154. The summed E-state index contributed by atoms with van der Waals surface area (Å²) in [5, 5.41) is 0. The molecule has 2 rings (SSSR count). The van der Waals surface area contributed by atoms with Gasteiger partial charge in [0.25, 0.3) is 10.0 Å². The van der Waals surface area contributed by atoms with Crippen LogP contribution in [0.1, 0.15) is 6.92 Å². The lowest BCUT2D eigenvalue weighted by molar-refractivity contribution is 0.591. The third-order valence-corrected chi connectivity index (χ3v) is 4.52. The minimum atomic E-state index is -3.64. The summed E-state index contributed by atoms with van der Waals surface area (Å²) in [6.07, 6.45) is 2.72. The van der Waals surface area contributed by atoms with Crippen molar-refractivity contribution >= 4 is 21.4 Å². The van der Waals surface area contributed by atoms with Crippen molar-refractivity contribution in [3.8, 4) is 0 Å². The number of hydrogen-bond donors (Lipinski definition) is 1. The van der Waals surface area contributed by atoms with Crippen molar-refractivity contribution in [2.24, 2.45) is 0 Å². The molecule has 1 aromatic carbocycles. The van der Waals surface area contributed by atoms with Gasteiger partial charge in [0.15, 0.2) is 0 Å². The van der Waals surface area contributed by atoms with Gasteiger partial charge in [0.05, 0.1) is 11.4 Å². The Morgan fingerprint density at radius 1 is 1.21 bits per heavy atom. The topological polar surface area (TPSA) is 76.3 Å². The van der Waals surface area contributed by atoms with E-state index in [1.165, 1.54) is 22.8 Å². The number of benzene rings is 1. The second kappa shape index (κ2) is 5.27. The molecule has 0 aliphatic carbocycles. The van der Waals surface area contributed by atoms with E-state index < -0.39 is 10.0 Å². The van der Waals surface area contributed by atoms with Gasteiger partial charge in [0.1, 0.15) is 4.90 Å². The molecule has 100 valence electrons. The molecular formula is C13H15N3O2S. The van der Waals surface area contributed by atoms with Gasteiger partial charge in [0.2, 0.25) is 0 Å². The molecule has 19 heavy (non-hydrogen) atoms. The summed E-state index contributed by atoms with van der Waals surface area (Å²) in [5.74, 6) is 0. The first kappa shape index (κ1) is 13.4. The minimum Gasteiger partial charge on any atom is -0.397 e. The zero-order valence-electron chi connectivity index (χ0n) is 10.5. The molecule has 0 bridgehead atoms. The van der Waals surface area contributed by atoms with Gasteiger partial charge in [-0.15, -0.1) is 0 Å². The normalized spacial score (nSPS) is 11.2. The molecule has 0 atom stereocenters. The summed E-state index contributed by atoms with van der Waals surface area (Å²) in [4.78, 5) is 3.93. The second-order valence-corrected chi connectivity index (χ2v) is 5.82. The van der Waals surface area contributed by atoms with E-state index >= 15 is 0 Å². The number of nitrogens with zero attached hydrogens (tertiary/aromatic N) is 2. The third-order valence-electron chi connectivity index (χ3n) is 2.65. The van der Waals surface area contributed by atoms with E-state index in [1.54, 1.807) is 31.2 Å². The zero-order valence-corrected chi connectivity index (χ0v) is 11.3. The van der Waals surface area contributed by atoms with Crippen LogP contribution in [-0.4, -0.2) is 19.9 Å². The molecule has 0 spiro atoms. The molecule has 5 nitrogen and oxygen atoms in total. The molecule has 0 aliphatic rings. The van der Waals surface area contributed by atoms with Crippen molar-refractivity contribution in [2.45, 2.75) is 11.8 Å². The number of sulfonamides is 1. The van der Waals surface area contributed by atoms with Crippen LogP contribution in [0.3, 0.4) is 0 Å². The van der Waals surface area contributed by atoms with Crippen LogP contribution in [0.5, 0.6) is 0 Å². The highest BCUT2D eigenvalue weighted by molar-refractivity contribution is 7.92. The van der Waals surface area contributed by atoms with E-state index in [4.69, 9.17) is 5.73 Å². The summed E-state index contributed by atoms with van der Waals surface area (Å²) in [6, 6.07) is 10.3. The molecule has 0 fully saturated rings. The molecule has 0 unspecified atom stereocenters. The summed E-state index contributed by atoms with van der Waals surface area (Å²) in [7, 11) is -3.64. The molecule has 2 N–H and O–H groups in total. The van der Waals surface area contributed by atoms with Crippen molar-refractivity contribution in [1.82, 2.24) is 4.98 Å². The fourth-order valence-electron chi connectivity index (χ4n) is 1.79. The third kappa shape index (κ3) is 2.68. The van der Waals surface area contributed by atoms with Crippen LogP contribution in [-0.2, 0) is 10.0 Å². The van der Waals surface area contributed by atoms with E-state index in [1.807, 2.05) is 6.07 Å². The molecule has 1 heterocycles. The van der Waals surface area contributed by atoms with Crippen molar-refractivity contribution in [3.63, 3.8) is 0 Å². The van der Waals surface area contributed by atoms with Crippen LogP contribution in [0, 0.1) is 0 Å². The van der Waals surface area contributed by atoms with Crippen molar-refractivity contribution in [1.29, 1.82) is 0 Å². The Kier molecular flexibility index (Phi) is 3.71. The van der Waals surface area contributed by atoms with Crippen LogP contribution in [0.2, 0.25) is 0 Å². The molecule has 0 saturated heterocycles. The molecule has 0 aliphatic heterocycles. The average molecular weight is 277 g/mol. The van der Waals surface area contributed by atoms with Gasteiger partial charge in [-0.3, -0.25) is 9.29 Å². The lowest BCUT2D eigenvalue weighted by Crippen LogP contribution is -2.30. The van der Waals surface area contributed by atoms with Gasteiger partial charge in [-0.25, -0.2) is 8.42 Å². The van der Waals surface area contributed by atoms with E-state index in [2.05, 4.69) is 4.98 Å². The summed E-state index contributed by atoms with van der Waals surface area (Å²) in [6.45, 7) is 2.12. The number of rotatable bonds is 4. The Hall–Kier alpha value is -2.08. The molecule has 2 aromatic rings. The molecule has 1 aromatic heterocycles. The van der Waals surface area contributed by atoms with E-state index in [9.17, 15) is 8.42 Å². The van der Waals surface area contributed by atoms with Gasteiger partial charge in [0, 0.05) is 18.9 Å². The van der Waals surface area contributed by atoms with Crippen molar-refractivity contribution < 1.29 is 8.42 Å². The zero-order chi connectivity index (χ0) is 13.9. The molecule has 0 amide bonds. The number of nitrogen functional groups attached to an aromatic ring is 1. The van der Waals surface area contributed by atoms with E-state index in [-0.39, 0.29) is 4.90 Å². The molecule has 6 heteroatoms. The number of anilines is 2. The highest BCUT2D eigenvalue weighted by atomic mass is 32.2. The Balaban J connectivity index is 2.48. The maximum Gasteiger partial charge on any atom is 0.265 e. The van der Waals surface area contributed by atoms with Crippen LogP contribution in [0.4, 0.5) is 11.4 Å². The van der Waals surface area contributed by atoms with Crippen molar-refractivity contribution in [3.05, 3.63) is 48.8 Å². The number of hydrogen-bond acceptors (Lipinski definition) is 4. The maximum absolute atomic E-state index is 12.5. The Morgan fingerprint density at radius 3 is 2.47 bits per heavy atom. The Labute approximate surface area is 112 Å². The highest BCUT2D eigenvalue weighted by Gasteiger charge is 2.23. The SMILES string of the molecule is CCN(c1ccccc1)S(=O)(=O)c1cncc(N)c1. The predicted molar refractivity (Wildman–Crippen MR) is 75.3 cm³/mol.